The lowest BCUT2D eigenvalue weighted by atomic mass is 9.90. The average molecular weight is 329 g/mol. The summed E-state index contributed by atoms with van der Waals surface area (Å²) in [7, 11) is 0. The normalized spacial score (nSPS) is 15.8. The summed E-state index contributed by atoms with van der Waals surface area (Å²) in [6.45, 7) is 11.2. The molecule has 0 aromatic heterocycles. The first-order valence-electron chi connectivity index (χ1n) is 8.40. The number of nitrogens with one attached hydrogen (secondary N) is 1. The quantitative estimate of drug-likeness (QED) is 0.638. The predicted molar refractivity (Wildman–Crippen MR) is 95.3 cm³/mol. The van der Waals surface area contributed by atoms with Gasteiger partial charge in [-0.3, -0.25) is 14.5 Å². The molecule has 1 heterocycles. The Kier molecular flexibility index (Phi) is 6.15. The van der Waals surface area contributed by atoms with Crippen LogP contribution in [0.3, 0.4) is 0 Å². The van der Waals surface area contributed by atoms with Crippen LogP contribution in [0.1, 0.15) is 19.4 Å². The summed E-state index contributed by atoms with van der Waals surface area (Å²) < 4.78 is 0. The van der Waals surface area contributed by atoms with Crippen LogP contribution in [-0.2, 0) is 16.1 Å². The average Bonchev–Trinajstić information content (AvgIpc) is 2.60. The second kappa shape index (κ2) is 8.11. The lowest BCUT2D eigenvalue weighted by Crippen LogP contribution is -2.55. The smallest absolute Gasteiger partial charge is 0.237 e. The van der Waals surface area contributed by atoms with Crippen molar-refractivity contribution in [2.75, 3.05) is 32.7 Å². The van der Waals surface area contributed by atoms with Gasteiger partial charge in [-0.15, -0.1) is 6.58 Å². The van der Waals surface area contributed by atoms with Gasteiger partial charge in [-0.05, 0) is 19.4 Å². The summed E-state index contributed by atoms with van der Waals surface area (Å²) in [4.78, 5) is 29.0. The van der Waals surface area contributed by atoms with Crippen LogP contribution in [0.2, 0.25) is 0 Å². The minimum atomic E-state index is -1.05. The molecule has 2 amide bonds. The zero-order valence-electron chi connectivity index (χ0n) is 14.6. The third-order valence-electron chi connectivity index (χ3n) is 4.42. The molecule has 1 N–H and O–H groups in total. The van der Waals surface area contributed by atoms with Gasteiger partial charge in [0.05, 0.1) is 0 Å². The highest BCUT2D eigenvalue weighted by atomic mass is 16.2. The van der Waals surface area contributed by atoms with E-state index < -0.39 is 5.41 Å². The van der Waals surface area contributed by atoms with E-state index in [2.05, 4.69) is 28.9 Å². The molecule has 0 aliphatic carbocycles. The summed E-state index contributed by atoms with van der Waals surface area (Å²) in [5.41, 5.74) is 0.228. The SMILES string of the molecule is C=CCNC(=O)C(C)(C)C(=O)N1CCN(Cc2ccccc2)CC1. The van der Waals surface area contributed by atoms with Crippen LogP contribution in [0.5, 0.6) is 0 Å². The first-order chi connectivity index (χ1) is 11.4. The molecule has 1 aliphatic rings. The molecule has 0 unspecified atom stereocenters. The number of nitrogens with zero attached hydrogens (tertiary/aromatic N) is 2. The Hall–Kier alpha value is -2.14. The van der Waals surface area contributed by atoms with Gasteiger partial charge in [0.1, 0.15) is 5.41 Å². The van der Waals surface area contributed by atoms with Crippen LogP contribution in [0.25, 0.3) is 0 Å². The third-order valence-corrected chi connectivity index (χ3v) is 4.42. The molecule has 0 atom stereocenters. The maximum absolute atomic E-state index is 12.7. The molecular formula is C19H27N3O2. The highest BCUT2D eigenvalue weighted by Crippen LogP contribution is 2.21. The molecule has 130 valence electrons. The minimum absolute atomic E-state index is 0.108. The van der Waals surface area contributed by atoms with Crippen LogP contribution in [0, 0.1) is 5.41 Å². The molecule has 1 aromatic carbocycles. The van der Waals surface area contributed by atoms with Gasteiger partial charge in [0, 0.05) is 39.3 Å². The lowest BCUT2D eigenvalue weighted by molar-refractivity contribution is -0.149. The first kappa shape index (κ1) is 18.2. The first-order valence-corrected chi connectivity index (χ1v) is 8.40. The fraction of sp³-hybridized carbons (Fsp3) is 0.474. The number of piperazine rings is 1. The zero-order chi connectivity index (χ0) is 17.6. The number of carbonyl (C=O) groups excluding carboxylic acids is 2. The van der Waals surface area contributed by atoms with Crippen molar-refractivity contribution in [1.29, 1.82) is 0 Å². The van der Waals surface area contributed by atoms with Crippen LogP contribution in [0.4, 0.5) is 0 Å². The van der Waals surface area contributed by atoms with Crippen LogP contribution < -0.4 is 5.32 Å². The van der Waals surface area contributed by atoms with Gasteiger partial charge < -0.3 is 10.2 Å². The van der Waals surface area contributed by atoms with E-state index in [1.807, 2.05) is 18.2 Å². The van der Waals surface area contributed by atoms with Gasteiger partial charge in [0.15, 0.2) is 0 Å². The lowest BCUT2D eigenvalue weighted by Gasteiger charge is -2.38. The molecule has 1 aromatic rings. The minimum Gasteiger partial charge on any atom is -0.352 e. The Balaban J connectivity index is 1.87. The molecule has 0 saturated carbocycles. The second-order valence-corrected chi connectivity index (χ2v) is 6.68. The summed E-state index contributed by atoms with van der Waals surface area (Å²) >= 11 is 0. The monoisotopic (exact) mass is 329 g/mol. The van der Waals surface area contributed by atoms with E-state index in [0.29, 0.717) is 19.6 Å². The molecule has 1 saturated heterocycles. The van der Waals surface area contributed by atoms with E-state index in [1.54, 1.807) is 24.8 Å². The van der Waals surface area contributed by atoms with Gasteiger partial charge in [0.25, 0.3) is 0 Å². The summed E-state index contributed by atoms with van der Waals surface area (Å²) in [6.07, 6.45) is 1.61. The van der Waals surface area contributed by atoms with Crippen molar-refractivity contribution in [1.82, 2.24) is 15.1 Å². The van der Waals surface area contributed by atoms with E-state index in [-0.39, 0.29) is 11.8 Å². The van der Waals surface area contributed by atoms with Gasteiger partial charge in [-0.1, -0.05) is 36.4 Å². The molecule has 1 fully saturated rings. The van der Waals surface area contributed by atoms with E-state index in [0.717, 1.165) is 19.6 Å². The van der Waals surface area contributed by atoms with Crippen molar-refractivity contribution >= 4 is 11.8 Å². The van der Waals surface area contributed by atoms with Crippen molar-refractivity contribution in [3.05, 3.63) is 48.6 Å². The standard InChI is InChI=1S/C19H27N3O2/c1-4-10-20-17(23)19(2,3)18(24)22-13-11-21(12-14-22)15-16-8-6-5-7-9-16/h4-9H,1,10-15H2,2-3H3,(H,20,23). The van der Waals surface area contributed by atoms with Crippen LogP contribution in [-0.4, -0.2) is 54.3 Å². The molecule has 0 radical (unpaired) electrons. The number of carbonyl (C=O) groups is 2. The van der Waals surface area contributed by atoms with E-state index >= 15 is 0 Å². The van der Waals surface area contributed by atoms with Crippen LogP contribution in [0.15, 0.2) is 43.0 Å². The summed E-state index contributed by atoms with van der Waals surface area (Å²) in [6, 6.07) is 10.3. The maximum atomic E-state index is 12.7. The van der Waals surface area contributed by atoms with Gasteiger partial charge in [-0.2, -0.15) is 0 Å². The Bertz CT molecular complexity index is 576. The van der Waals surface area contributed by atoms with Crippen molar-refractivity contribution in [3.63, 3.8) is 0 Å². The van der Waals surface area contributed by atoms with Crippen molar-refractivity contribution < 1.29 is 9.59 Å². The topological polar surface area (TPSA) is 52.7 Å². The molecule has 24 heavy (non-hydrogen) atoms. The van der Waals surface area contributed by atoms with Crippen molar-refractivity contribution in [2.24, 2.45) is 5.41 Å². The van der Waals surface area contributed by atoms with Crippen LogP contribution >= 0.6 is 0 Å². The summed E-state index contributed by atoms with van der Waals surface area (Å²) in [5, 5.41) is 2.72. The number of hydrogen-bond acceptors (Lipinski definition) is 3. The molecule has 0 spiro atoms. The molecule has 5 nitrogen and oxygen atoms in total. The molecule has 0 bridgehead atoms. The van der Waals surface area contributed by atoms with E-state index in [4.69, 9.17) is 0 Å². The molecular weight excluding hydrogens is 302 g/mol. The number of amides is 2. The van der Waals surface area contributed by atoms with Crippen molar-refractivity contribution in [3.8, 4) is 0 Å². The maximum Gasteiger partial charge on any atom is 0.237 e. The van der Waals surface area contributed by atoms with Crippen molar-refractivity contribution in [2.45, 2.75) is 20.4 Å². The fourth-order valence-corrected chi connectivity index (χ4v) is 2.83. The predicted octanol–water partition coefficient (Wildman–Crippen LogP) is 1.66. The Labute approximate surface area is 144 Å². The fourth-order valence-electron chi connectivity index (χ4n) is 2.83. The van der Waals surface area contributed by atoms with E-state index in [1.165, 1.54) is 5.56 Å². The largest absolute Gasteiger partial charge is 0.352 e. The Morgan fingerprint density at radius 3 is 2.38 bits per heavy atom. The Morgan fingerprint density at radius 2 is 1.79 bits per heavy atom. The molecule has 2 rings (SSSR count). The summed E-state index contributed by atoms with van der Waals surface area (Å²) in [5.74, 6) is -0.359. The highest BCUT2D eigenvalue weighted by molar-refractivity contribution is 6.04. The zero-order valence-corrected chi connectivity index (χ0v) is 14.6. The van der Waals surface area contributed by atoms with Gasteiger partial charge in [0.2, 0.25) is 11.8 Å². The molecule has 5 heteroatoms. The number of hydrogen-bond donors (Lipinski definition) is 1. The number of benzene rings is 1. The Morgan fingerprint density at radius 1 is 1.17 bits per heavy atom. The number of rotatable bonds is 6. The third kappa shape index (κ3) is 4.45. The highest BCUT2D eigenvalue weighted by Gasteiger charge is 2.39. The second-order valence-electron chi connectivity index (χ2n) is 6.68. The van der Waals surface area contributed by atoms with Gasteiger partial charge >= 0.3 is 0 Å². The van der Waals surface area contributed by atoms with E-state index in [9.17, 15) is 9.59 Å². The molecule has 1 aliphatic heterocycles. The van der Waals surface area contributed by atoms with Gasteiger partial charge in [-0.25, -0.2) is 0 Å².